The van der Waals surface area contributed by atoms with Crippen molar-refractivity contribution in [1.82, 2.24) is 9.59 Å². The van der Waals surface area contributed by atoms with Crippen LogP contribution in [0.1, 0.15) is 33.6 Å². The third-order valence-electron chi connectivity index (χ3n) is 2.31. The van der Waals surface area contributed by atoms with Gasteiger partial charge in [0.25, 0.3) is 0 Å². The fraction of sp³-hybridized carbons (Fsp3) is 0.364. The van der Waals surface area contributed by atoms with Gasteiger partial charge in [0.15, 0.2) is 5.78 Å². The lowest BCUT2D eigenvalue weighted by Crippen LogP contribution is -2.04. The van der Waals surface area contributed by atoms with E-state index in [2.05, 4.69) is 32.4 Å². The first-order valence-corrected chi connectivity index (χ1v) is 7.73. The largest absolute Gasteiger partial charge is 0.293 e. The van der Waals surface area contributed by atoms with Crippen LogP contribution in [0.2, 0.25) is 0 Å². The number of rotatable bonds is 5. The van der Waals surface area contributed by atoms with E-state index < -0.39 is 0 Å². The third kappa shape index (κ3) is 3.00. The molecule has 0 aliphatic rings. The molecule has 0 aliphatic carbocycles. The number of ketones is 1. The lowest BCUT2D eigenvalue weighted by Gasteiger charge is -1.99. The molecule has 17 heavy (non-hydrogen) atoms. The molecule has 2 rings (SSSR count). The molecule has 0 amide bonds. The summed E-state index contributed by atoms with van der Waals surface area (Å²) in [6, 6.07) is 1.96. The molecule has 90 valence electrons. The number of carbonyl (C=O) groups is 1. The number of carbonyl (C=O) groups excluding carboxylic acids is 1. The number of Topliss-reactive ketones (excluding diaryl/α,β-unsaturated/α-hetero) is 1. The summed E-state index contributed by atoms with van der Waals surface area (Å²) < 4.78 is 4.88. The second-order valence-corrected chi connectivity index (χ2v) is 6.20. The average Bonchev–Trinajstić information content (AvgIpc) is 2.89. The molecule has 2 heterocycles. The minimum Gasteiger partial charge on any atom is -0.293 e. The Kier molecular flexibility index (Phi) is 4.42. The summed E-state index contributed by atoms with van der Waals surface area (Å²) in [5.41, 5.74) is 0.843. The van der Waals surface area contributed by atoms with E-state index in [9.17, 15) is 4.79 Å². The zero-order valence-electron chi connectivity index (χ0n) is 9.27. The Bertz CT molecular complexity index is 521. The molecule has 2 aromatic rings. The van der Waals surface area contributed by atoms with Crippen LogP contribution in [-0.4, -0.2) is 15.4 Å². The Labute approximate surface area is 116 Å². The predicted molar refractivity (Wildman–Crippen MR) is 74.0 cm³/mol. The molecule has 0 unspecified atom stereocenters. The number of aryl methyl sites for hydroxylation is 1. The predicted octanol–water partition coefficient (Wildman–Crippen LogP) is 3.74. The van der Waals surface area contributed by atoms with Crippen molar-refractivity contribution >= 4 is 44.6 Å². The van der Waals surface area contributed by atoms with Gasteiger partial charge < -0.3 is 0 Å². The van der Waals surface area contributed by atoms with E-state index in [0.717, 1.165) is 27.9 Å². The van der Waals surface area contributed by atoms with Crippen LogP contribution in [0.25, 0.3) is 0 Å². The molecule has 6 heteroatoms. The molecule has 0 aliphatic heterocycles. The number of halogens is 1. The molecular formula is C11H11BrN2OS2. The van der Waals surface area contributed by atoms with Crippen molar-refractivity contribution in [2.75, 3.05) is 0 Å². The summed E-state index contributed by atoms with van der Waals surface area (Å²) in [5.74, 6) is 0.117. The van der Waals surface area contributed by atoms with E-state index >= 15 is 0 Å². The molecule has 0 N–H and O–H groups in total. The van der Waals surface area contributed by atoms with Gasteiger partial charge in [0.1, 0.15) is 4.88 Å². The number of thiophene rings is 1. The van der Waals surface area contributed by atoms with Crippen LogP contribution in [-0.2, 0) is 12.8 Å². The highest BCUT2D eigenvalue weighted by Gasteiger charge is 2.17. The first kappa shape index (κ1) is 12.9. The van der Waals surface area contributed by atoms with Crippen LogP contribution in [0.15, 0.2) is 15.9 Å². The average molecular weight is 331 g/mol. The van der Waals surface area contributed by atoms with Crippen LogP contribution in [0.4, 0.5) is 0 Å². The summed E-state index contributed by atoms with van der Waals surface area (Å²) in [7, 11) is 0. The fourth-order valence-electron chi connectivity index (χ4n) is 1.50. The smallest absolute Gasteiger partial charge is 0.181 e. The van der Waals surface area contributed by atoms with Crippen molar-refractivity contribution in [3.8, 4) is 0 Å². The molecule has 0 saturated carbocycles. The Morgan fingerprint density at radius 1 is 1.53 bits per heavy atom. The van der Waals surface area contributed by atoms with Crippen molar-refractivity contribution in [2.24, 2.45) is 0 Å². The number of hydrogen-bond acceptors (Lipinski definition) is 5. The zero-order chi connectivity index (χ0) is 12.3. The monoisotopic (exact) mass is 330 g/mol. The Morgan fingerprint density at radius 3 is 3.00 bits per heavy atom. The molecular weight excluding hydrogens is 320 g/mol. The molecule has 0 saturated heterocycles. The van der Waals surface area contributed by atoms with Gasteiger partial charge in [-0.05, 0) is 45.3 Å². The normalized spacial score (nSPS) is 10.7. The molecule has 2 aromatic heterocycles. The molecule has 0 radical (unpaired) electrons. The summed E-state index contributed by atoms with van der Waals surface area (Å²) in [6.07, 6.45) is 2.23. The van der Waals surface area contributed by atoms with Gasteiger partial charge in [-0.25, -0.2) is 0 Å². The minimum absolute atomic E-state index is 0.117. The fourth-order valence-corrected chi connectivity index (χ4v) is 3.63. The van der Waals surface area contributed by atoms with Gasteiger partial charge in [-0.15, -0.1) is 16.4 Å². The molecule has 0 spiro atoms. The maximum atomic E-state index is 12.1. The van der Waals surface area contributed by atoms with E-state index in [0.29, 0.717) is 11.3 Å². The Balaban J connectivity index is 2.15. The highest BCUT2D eigenvalue weighted by Crippen LogP contribution is 2.25. The standard InChI is InChI=1S/C11H11BrN2OS2/c1-2-3-8-11(17-14-13-8)9(15)6-10-7(12)4-5-16-10/h4-5H,2-3,6H2,1H3. The van der Waals surface area contributed by atoms with Crippen LogP contribution < -0.4 is 0 Å². The number of aromatic nitrogens is 2. The van der Waals surface area contributed by atoms with Gasteiger partial charge >= 0.3 is 0 Å². The second-order valence-electron chi connectivity index (χ2n) is 3.59. The van der Waals surface area contributed by atoms with Crippen molar-refractivity contribution in [3.63, 3.8) is 0 Å². The first-order chi connectivity index (χ1) is 8.22. The highest BCUT2D eigenvalue weighted by molar-refractivity contribution is 9.10. The van der Waals surface area contributed by atoms with E-state index in [1.54, 1.807) is 11.3 Å². The second kappa shape index (κ2) is 5.84. The lowest BCUT2D eigenvalue weighted by molar-refractivity contribution is 0.0996. The quantitative estimate of drug-likeness (QED) is 0.784. The van der Waals surface area contributed by atoms with Gasteiger partial charge in [-0.2, -0.15) is 0 Å². The van der Waals surface area contributed by atoms with Gasteiger partial charge in [0.2, 0.25) is 0 Å². The maximum absolute atomic E-state index is 12.1. The number of hydrogen-bond donors (Lipinski definition) is 0. The van der Waals surface area contributed by atoms with Gasteiger partial charge in [-0.1, -0.05) is 17.8 Å². The first-order valence-electron chi connectivity index (χ1n) is 5.28. The van der Waals surface area contributed by atoms with Crippen LogP contribution in [0.5, 0.6) is 0 Å². The molecule has 0 aromatic carbocycles. The number of nitrogens with zero attached hydrogens (tertiary/aromatic N) is 2. The van der Waals surface area contributed by atoms with Crippen molar-refractivity contribution in [1.29, 1.82) is 0 Å². The van der Waals surface area contributed by atoms with Gasteiger partial charge in [-0.3, -0.25) is 4.79 Å². The van der Waals surface area contributed by atoms with Crippen molar-refractivity contribution in [3.05, 3.63) is 31.4 Å². The molecule has 0 bridgehead atoms. The van der Waals surface area contributed by atoms with E-state index in [1.165, 1.54) is 11.5 Å². The lowest BCUT2D eigenvalue weighted by atomic mass is 10.1. The van der Waals surface area contributed by atoms with E-state index in [1.807, 2.05) is 11.4 Å². The summed E-state index contributed by atoms with van der Waals surface area (Å²) in [4.78, 5) is 13.9. The SMILES string of the molecule is CCCc1nnsc1C(=O)Cc1sccc1Br. The summed E-state index contributed by atoms with van der Waals surface area (Å²) in [5, 5.41) is 5.99. The molecule has 0 atom stereocenters. The van der Waals surface area contributed by atoms with Gasteiger partial charge in [0.05, 0.1) is 5.69 Å². The van der Waals surface area contributed by atoms with Crippen LogP contribution >= 0.6 is 38.8 Å². The van der Waals surface area contributed by atoms with E-state index in [4.69, 9.17) is 0 Å². The maximum Gasteiger partial charge on any atom is 0.181 e. The zero-order valence-corrected chi connectivity index (χ0v) is 12.5. The third-order valence-corrected chi connectivity index (χ3v) is 5.04. The Morgan fingerprint density at radius 2 is 2.35 bits per heavy atom. The Hall–Kier alpha value is -0.590. The topological polar surface area (TPSA) is 42.9 Å². The van der Waals surface area contributed by atoms with Crippen LogP contribution in [0.3, 0.4) is 0 Å². The van der Waals surface area contributed by atoms with E-state index in [-0.39, 0.29) is 5.78 Å². The molecule has 3 nitrogen and oxygen atoms in total. The highest BCUT2D eigenvalue weighted by atomic mass is 79.9. The van der Waals surface area contributed by atoms with Gasteiger partial charge in [0, 0.05) is 15.8 Å². The minimum atomic E-state index is 0.117. The molecule has 0 fully saturated rings. The van der Waals surface area contributed by atoms with Crippen LogP contribution in [0, 0.1) is 0 Å². The summed E-state index contributed by atoms with van der Waals surface area (Å²) >= 11 is 6.23. The van der Waals surface area contributed by atoms with Crippen molar-refractivity contribution in [2.45, 2.75) is 26.2 Å². The van der Waals surface area contributed by atoms with Crippen molar-refractivity contribution < 1.29 is 4.79 Å². The summed E-state index contributed by atoms with van der Waals surface area (Å²) in [6.45, 7) is 2.07.